The highest BCUT2D eigenvalue weighted by atomic mass is 19.4. The summed E-state index contributed by atoms with van der Waals surface area (Å²) in [6.07, 6.45) is -8.12. The quantitative estimate of drug-likeness (QED) is 0.408. The number of rotatable bonds is 8. The predicted molar refractivity (Wildman–Crippen MR) is 113 cm³/mol. The Morgan fingerprint density at radius 3 is 1.80 bits per heavy atom. The van der Waals surface area contributed by atoms with Crippen molar-refractivity contribution in [3.8, 4) is 0 Å². The summed E-state index contributed by atoms with van der Waals surface area (Å²) in [5.74, 6) is -1.10. The summed E-state index contributed by atoms with van der Waals surface area (Å²) in [6.45, 7) is -0.656. The van der Waals surface area contributed by atoms with E-state index in [0.29, 0.717) is 0 Å². The van der Waals surface area contributed by atoms with Crippen molar-refractivity contribution in [2.24, 2.45) is 0 Å². The molecule has 35 heavy (non-hydrogen) atoms. The van der Waals surface area contributed by atoms with Crippen LogP contribution in [0.5, 0.6) is 0 Å². The summed E-state index contributed by atoms with van der Waals surface area (Å²) in [5.41, 5.74) is -1.51. The molecule has 2 amide bonds. The summed E-state index contributed by atoms with van der Waals surface area (Å²) >= 11 is 0. The Labute approximate surface area is 196 Å². The summed E-state index contributed by atoms with van der Waals surface area (Å²) < 4.78 is 83.5. The first-order valence-electron chi connectivity index (χ1n) is 10.4. The fourth-order valence-corrected chi connectivity index (χ4v) is 3.30. The highest BCUT2D eigenvalue weighted by molar-refractivity contribution is 5.91. The van der Waals surface area contributed by atoms with E-state index in [1.807, 2.05) is 0 Å². The zero-order chi connectivity index (χ0) is 25.6. The van der Waals surface area contributed by atoms with Crippen LogP contribution in [-0.2, 0) is 30.2 Å². The monoisotopic (exact) mass is 498 g/mol. The van der Waals surface area contributed by atoms with Crippen LogP contribution in [0, 0.1) is 0 Å². The average Bonchev–Trinajstić information content (AvgIpc) is 3.33. The number of halogens is 6. The van der Waals surface area contributed by atoms with Gasteiger partial charge in [0.25, 0.3) is 5.91 Å². The number of furan rings is 1. The van der Waals surface area contributed by atoms with Crippen molar-refractivity contribution in [2.45, 2.75) is 31.9 Å². The van der Waals surface area contributed by atoms with Crippen LogP contribution in [0.1, 0.15) is 39.2 Å². The Morgan fingerprint density at radius 1 is 0.800 bits per heavy atom. The molecule has 0 saturated carbocycles. The van der Waals surface area contributed by atoms with Crippen molar-refractivity contribution in [1.82, 2.24) is 10.2 Å². The van der Waals surface area contributed by atoms with Crippen LogP contribution in [0.4, 0.5) is 26.3 Å². The molecule has 0 radical (unpaired) electrons. The number of hydrogen-bond acceptors (Lipinski definition) is 3. The SMILES string of the molecule is O=C(NCCC(=O)N(Cc1cccc(C(F)(F)F)c1)Cc1cccc(C(F)(F)F)c1)c1ccco1. The van der Waals surface area contributed by atoms with Crippen LogP contribution in [0.2, 0.25) is 0 Å². The van der Waals surface area contributed by atoms with E-state index in [9.17, 15) is 35.9 Å². The Morgan fingerprint density at radius 2 is 1.34 bits per heavy atom. The van der Waals surface area contributed by atoms with Gasteiger partial charge in [-0.3, -0.25) is 9.59 Å². The maximum atomic E-state index is 13.1. The van der Waals surface area contributed by atoms with Gasteiger partial charge >= 0.3 is 12.4 Å². The number of benzene rings is 2. The van der Waals surface area contributed by atoms with E-state index < -0.39 is 35.3 Å². The first-order valence-corrected chi connectivity index (χ1v) is 10.4. The number of amides is 2. The van der Waals surface area contributed by atoms with Gasteiger partial charge in [0.15, 0.2) is 5.76 Å². The minimum atomic E-state index is -4.60. The van der Waals surface area contributed by atoms with Crippen LogP contribution >= 0.6 is 0 Å². The molecule has 1 heterocycles. The van der Waals surface area contributed by atoms with E-state index in [-0.39, 0.29) is 42.9 Å². The molecule has 0 bridgehead atoms. The molecule has 0 spiro atoms. The molecule has 1 N–H and O–H groups in total. The van der Waals surface area contributed by atoms with Crippen molar-refractivity contribution in [3.05, 3.63) is 94.9 Å². The molecule has 0 aliphatic heterocycles. The van der Waals surface area contributed by atoms with Crippen molar-refractivity contribution in [2.75, 3.05) is 6.54 Å². The van der Waals surface area contributed by atoms with Crippen LogP contribution < -0.4 is 5.32 Å². The standard InChI is InChI=1S/C24H20F6N2O3/c25-23(26,27)18-6-1-4-16(12-18)14-32(15-17-5-2-7-19(13-17)24(28,29)30)21(33)9-10-31-22(34)20-8-3-11-35-20/h1-8,11-13H,9-10,14-15H2,(H,31,34). The van der Waals surface area contributed by atoms with Gasteiger partial charge in [0.1, 0.15) is 0 Å². The van der Waals surface area contributed by atoms with Gasteiger partial charge < -0.3 is 14.6 Å². The molecule has 1 aromatic heterocycles. The van der Waals surface area contributed by atoms with Crippen molar-refractivity contribution >= 4 is 11.8 Å². The molecule has 0 fully saturated rings. The number of nitrogens with zero attached hydrogens (tertiary/aromatic N) is 1. The second-order valence-electron chi connectivity index (χ2n) is 7.63. The predicted octanol–water partition coefficient (Wildman–Crippen LogP) is 5.67. The largest absolute Gasteiger partial charge is 0.459 e. The first-order chi connectivity index (χ1) is 16.4. The van der Waals surface area contributed by atoms with Crippen molar-refractivity contribution in [1.29, 1.82) is 0 Å². The summed E-state index contributed by atoms with van der Waals surface area (Å²) in [6, 6.07) is 11.6. The number of alkyl halides is 6. The fraction of sp³-hybridized carbons (Fsp3) is 0.250. The van der Waals surface area contributed by atoms with Gasteiger partial charge in [0.05, 0.1) is 17.4 Å². The highest BCUT2D eigenvalue weighted by Crippen LogP contribution is 2.31. The van der Waals surface area contributed by atoms with Crippen molar-refractivity contribution < 1.29 is 40.3 Å². The topological polar surface area (TPSA) is 62.6 Å². The third-order valence-corrected chi connectivity index (χ3v) is 4.98. The molecule has 3 aromatic rings. The molecule has 0 saturated heterocycles. The number of carbonyl (C=O) groups excluding carboxylic acids is 2. The maximum absolute atomic E-state index is 13.1. The minimum absolute atomic E-state index is 0.0298. The third kappa shape index (κ3) is 7.36. The van der Waals surface area contributed by atoms with Crippen molar-refractivity contribution in [3.63, 3.8) is 0 Å². The second-order valence-corrected chi connectivity index (χ2v) is 7.63. The van der Waals surface area contributed by atoms with E-state index in [4.69, 9.17) is 4.42 Å². The lowest BCUT2D eigenvalue weighted by Crippen LogP contribution is -2.34. The Kier molecular flexibility index (Phi) is 7.88. The average molecular weight is 498 g/mol. The molecule has 2 aromatic carbocycles. The normalized spacial score (nSPS) is 11.8. The van der Waals surface area contributed by atoms with Crippen LogP contribution in [0.15, 0.2) is 71.3 Å². The Hall–Kier alpha value is -3.76. The molecule has 0 aliphatic carbocycles. The Balaban J connectivity index is 1.77. The van der Waals surface area contributed by atoms with Gasteiger partial charge in [-0.05, 0) is 47.5 Å². The van der Waals surface area contributed by atoms with Crippen LogP contribution in [-0.4, -0.2) is 23.3 Å². The lowest BCUT2D eigenvalue weighted by Gasteiger charge is -2.24. The molecule has 5 nitrogen and oxygen atoms in total. The molecule has 0 unspecified atom stereocenters. The molecule has 186 valence electrons. The molecule has 0 aliphatic rings. The zero-order valence-electron chi connectivity index (χ0n) is 18.1. The van der Waals surface area contributed by atoms with E-state index in [0.717, 1.165) is 29.2 Å². The number of carbonyl (C=O) groups is 2. The summed E-state index contributed by atoms with van der Waals surface area (Å²) in [7, 11) is 0. The van der Waals surface area contributed by atoms with Gasteiger partial charge in [-0.2, -0.15) is 26.3 Å². The fourth-order valence-electron chi connectivity index (χ4n) is 3.30. The van der Waals surface area contributed by atoms with Gasteiger partial charge in [-0.25, -0.2) is 0 Å². The van der Waals surface area contributed by atoms with E-state index >= 15 is 0 Å². The first kappa shape index (κ1) is 25.9. The minimum Gasteiger partial charge on any atom is -0.459 e. The Bertz CT molecular complexity index is 1100. The number of nitrogens with one attached hydrogen (secondary N) is 1. The molecule has 3 rings (SSSR count). The van der Waals surface area contributed by atoms with Gasteiger partial charge in [0, 0.05) is 26.1 Å². The molecule has 11 heteroatoms. The van der Waals surface area contributed by atoms with Gasteiger partial charge in [-0.15, -0.1) is 0 Å². The summed E-state index contributed by atoms with van der Waals surface area (Å²) in [5, 5.41) is 2.48. The molecular weight excluding hydrogens is 478 g/mol. The smallest absolute Gasteiger partial charge is 0.416 e. The second kappa shape index (κ2) is 10.7. The highest BCUT2D eigenvalue weighted by Gasteiger charge is 2.31. The lowest BCUT2D eigenvalue weighted by molar-refractivity contribution is -0.138. The van der Waals surface area contributed by atoms with E-state index in [2.05, 4.69) is 5.32 Å². The van der Waals surface area contributed by atoms with Crippen LogP contribution in [0.25, 0.3) is 0 Å². The van der Waals surface area contributed by atoms with E-state index in [1.165, 1.54) is 42.7 Å². The van der Waals surface area contributed by atoms with E-state index in [1.54, 1.807) is 0 Å². The zero-order valence-corrected chi connectivity index (χ0v) is 18.1. The number of hydrogen-bond donors (Lipinski definition) is 1. The van der Waals surface area contributed by atoms with Gasteiger partial charge in [0.2, 0.25) is 5.91 Å². The lowest BCUT2D eigenvalue weighted by atomic mass is 10.1. The molecule has 0 atom stereocenters. The van der Waals surface area contributed by atoms with Crippen LogP contribution in [0.3, 0.4) is 0 Å². The maximum Gasteiger partial charge on any atom is 0.416 e. The van der Waals surface area contributed by atoms with Gasteiger partial charge in [-0.1, -0.05) is 24.3 Å². The summed E-state index contributed by atoms with van der Waals surface area (Å²) in [4.78, 5) is 26.0. The third-order valence-electron chi connectivity index (χ3n) is 4.98. The molecular formula is C24H20F6N2O3.